The van der Waals surface area contributed by atoms with Crippen LogP contribution >= 0.6 is 0 Å². The van der Waals surface area contributed by atoms with E-state index in [9.17, 15) is 9.90 Å². The molecule has 0 aliphatic carbocycles. The molecular weight excluding hydrogens is 318 g/mol. The van der Waals surface area contributed by atoms with E-state index in [2.05, 4.69) is 0 Å². The quantitative estimate of drug-likeness (QED) is 0.618. The Balaban J connectivity index is 2.26. The molecule has 0 saturated heterocycles. The number of ether oxygens (including phenoxy) is 2. The molecule has 0 spiro atoms. The van der Waals surface area contributed by atoms with Gasteiger partial charge < -0.3 is 19.5 Å². The van der Waals surface area contributed by atoms with Crippen molar-refractivity contribution in [2.45, 2.75) is 6.54 Å². The van der Waals surface area contributed by atoms with Crippen molar-refractivity contribution in [2.24, 2.45) is 0 Å². The Labute approximate surface area is 148 Å². The zero-order valence-electron chi connectivity index (χ0n) is 14.9. The molecule has 5 nitrogen and oxygen atoms in total. The van der Waals surface area contributed by atoms with E-state index in [0.29, 0.717) is 29.2 Å². The van der Waals surface area contributed by atoms with Crippen molar-refractivity contribution < 1.29 is 19.4 Å². The van der Waals surface area contributed by atoms with E-state index in [-0.39, 0.29) is 11.5 Å². The highest BCUT2D eigenvalue weighted by Crippen LogP contribution is 2.25. The van der Waals surface area contributed by atoms with Crippen LogP contribution in [0.4, 0.5) is 0 Å². The second kappa shape index (κ2) is 8.35. The molecule has 0 atom stereocenters. The minimum Gasteiger partial charge on any atom is -0.508 e. The summed E-state index contributed by atoms with van der Waals surface area (Å²) in [6.45, 7) is 0.556. The van der Waals surface area contributed by atoms with Gasteiger partial charge in [-0.25, -0.2) is 0 Å². The summed E-state index contributed by atoms with van der Waals surface area (Å²) >= 11 is 0. The van der Waals surface area contributed by atoms with Crippen LogP contribution in [0.3, 0.4) is 0 Å². The molecule has 0 unspecified atom stereocenters. The summed E-state index contributed by atoms with van der Waals surface area (Å²) in [5, 5.41) is 9.91. The molecule has 132 valence electrons. The lowest BCUT2D eigenvalue weighted by atomic mass is 10.0. The minimum atomic E-state index is -0.148. The number of phenols is 1. The Morgan fingerprint density at radius 2 is 1.88 bits per heavy atom. The number of ketones is 1. The van der Waals surface area contributed by atoms with Gasteiger partial charge in [-0.05, 0) is 62.6 Å². The summed E-state index contributed by atoms with van der Waals surface area (Å²) in [4.78, 5) is 14.4. The molecule has 0 aliphatic rings. The highest BCUT2D eigenvalue weighted by Gasteiger charge is 2.09. The molecule has 0 amide bonds. The van der Waals surface area contributed by atoms with Crippen LogP contribution in [0, 0.1) is 0 Å². The molecule has 0 aliphatic heterocycles. The third-order valence-electron chi connectivity index (χ3n) is 3.70. The molecule has 0 aromatic heterocycles. The molecule has 2 aromatic carbocycles. The van der Waals surface area contributed by atoms with E-state index in [1.165, 1.54) is 6.08 Å². The minimum absolute atomic E-state index is 0.148. The molecule has 0 saturated carbocycles. The van der Waals surface area contributed by atoms with Gasteiger partial charge in [-0.3, -0.25) is 4.79 Å². The normalized spacial score (nSPS) is 11.1. The van der Waals surface area contributed by atoms with E-state index < -0.39 is 0 Å². The van der Waals surface area contributed by atoms with Gasteiger partial charge in [-0.2, -0.15) is 0 Å². The predicted octanol–water partition coefficient (Wildman–Crippen LogP) is 3.37. The number of nitrogens with zero attached hydrogens (tertiary/aromatic N) is 1. The van der Waals surface area contributed by atoms with Gasteiger partial charge in [0.05, 0.1) is 14.2 Å². The summed E-state index contributed by atoms with van der Waals surface area (Å²) in [6.07, 6.45) is 3.19. The molecular formula is C20H23NO4. The fourth-order valence-corrected chi connectivity index (χ4v) is 2.44. The van der Waals surface area contributed by atoms with Crippen LogP contribution in [0.1, 0.15) is 21.5 Å². The van der Waals surface area contributed by atoms with Crippen LogP contribution in [0.5, 0.6) is 17.2 Å². The average molecular weight is 341 g/mol. The second-order valence-corrected chi connectivity index (χ2v) is 5.89. The first-order valence-corrected chi connectivity index (χ1v) is 7.85. The lowest BCUT2D eigenvalue weighted by Gasteiger charge is -2.12. The fourth-order valence-electron chi connectivity index (χ4n) is 2.44. The first-order valence-electron chi connectivity index (χ1n) is 7.85. The Hall–Kier alpha value is -2.79. The maximum Gasteiger partial charge on any atom is 0.185 e. The molecule has 25 heavy (non-hydrogen) atoms. The smallest absolute Gasteiger partial charge is 0.185 e. The zero-order chi connectivity index (χ0) is 18.4. The highest BCUT2D eigenvalue weighted by atomic mass is 16.5. The number of phenolic OH excluding ortho intramolecular Hbond substituents is 1. The third kappa shape index (κ3) is 4.84. The second-order valence-electron chi connectivity index (χ2n) is 5.89. The van der Waals surface area contributed by atoms with Crippen LogP contribution in [0.25, 0.3) is 6.08 Å². The number of hydrogen-bond donors (Lipinski definition) is 1. The van der Waals surface area contributed by atoms with Gasteiger partial charge in [0.1, 0.15) is 17.2 Å². The molecule has 0 fully saturated rings. The molecule has 0 heterocycles. The van der Waals surface area contributed by atoms with Gasteiger partial charge in [0, 0.05) is 23.2 Å². The summed E-state index contributed by atoms with van der Waals surface area (Å²) in [7, 11) is 6.98. The van der Waals surface area contributed by atoms with Crippen LogP contribution in [0.15, 0.2) is 42.5 Å². The molecule has 2 aromatic rings. The SMILES string of the molecule is COc1ccc(OC)c(C=CC(=O)c2ccc(O)c(CN(C)C)c2)c1. The van der Waals surface area contributed by atoms with Crippen LogP contribution in [0.2, 0.25) is 0 Å². The number of hydrogen-bond acceptors (Lipinski definition) is 5. The van der Waals surface area contributed by atoms with Crippen molar-refractivity contribution >= 4 is 11.9 Å². The van der Waals surface area contributed by atoms with Crippen molar-refractivity contribution in [3.63, 3.8) is 0 Å². The third-order valence-corrected chi connectivity index (χ3v) is 3.70. The lowest BCUT2D eigenvalue weighted by Crippen LogP contribution is -2.11. The number of rotatable bonds is 7. The maximum atomic E-state index is 12.5. The summed E-state index contributed by atoms with van der Waals surface area (Å²) < 4.78 is 10.5. The van der Waals surface area contributed by atoms with E-state index in [1.807, 2.05) is 19.0 Å². The van der Waals surface area contributed by atoms with Crippen LogP contribution in [-0.2, 0) is 6.54 Å². The van der Waals surface area contributed by atoms with Crippen molar-refractivity contribution in [1.82, 2.24) is 4.90 Å². The van der Waals surface area contributed by atoms with Crippen molar-refractivity contribution in [1.29, 1.82) is 0 Å². The fraction of sp³-hybridized carbons (Fsp3) is 0.250. The van der Waals surface area contributed by atoms with E-state index in [1.54, 1.807) is 56.7 Å². The predicted molar refractivity (Wildman–Crippen MR) is 98.4 cm³/mol. The lowest BCUT2D eigenvalue weighted by molar-refractivity contribution is 0.104. The van der Waals surface area contributed by atoms with E-state index in [4.69, 9.17) is 9.47 Å². The maximum absolute atomic E-state index is 12.5. The Morgan fingerprint density at radius 3 is 2.52 bits per heavy atom. The Bertz CT molecular complexity index is 781. The Morgan fingerprint density at radius 1 is 1.12 bits per heavy atom. The summed E-state index contributed by atoms with van der Waals surface area (Å²) in [5.74, 6) is 1.38. The Kier molecular flexibility index (Phi) is 6.19. The highest BCUT2D eigenvalue weighted by molar-refractivity contribution is 6.07. The molecule has 2 rings (SSSR count). The van der Waals surface area contributed by atoms with Gasteiger partial charge >= 0.3 is 0 Å². The number of allylic oxidation sites excluding steroid dienone is 1. The summed E-state index contributed by atoms with van der Waals surface area (Å²) in [6, 6.07) is 10.3. The van der Waals surface area contributed by atoms with Gasteiger partial charge in [0.15, 0.2) is 5.78 Å². The standard InChI is InChI=1S/C20H23NO4/c1-21(2)13-16-11-14(5-8-19(16)23)18(22)9-6-15-12-17(24-3)7-10-20(15)25-4/h5-12,23H,13H2,1-4H3. The van der Waals surface area contributed by atoms with Gasteiger partial charge in [-0.15, -0.1) is 0 Å². The first-order chi connectivity index (χ1) is 11.9. The number of benzene rings is 2. The molecule has 0 radical (unpaired) electrons. The van der Waals surface area contributed by atoms with Gasteiger partial charge in [0.25, 0.3) is 0 Å². The van der Waals surface area contributed by atoms with Crippen molar-refractivity contribution in [2.75, 3.05) is 28.3 Å². The average Bonchev–Trinajstić information content (AvgIpc) is 2.60. The van der Waals surface area contributed by atoms with Crippen LogP contribution < -0.4 is 9.47 Å². The van der Waals surface area contributed by atoms with Crippen LogP contribution in [-0.4, -0.2) is 44.1 Å². The van der Waals surface area contributed by atoms with Gasteiger partial charge in [-0.1, -0.05) is 0 Å². The van der Waals surface area contributed by atoms with Crippen molar-refractivity contribution in [3.05, 3.63) is 59.2 Å². The topological polar surface area (TPSA) is 59.0 Å². The van der Waals surface area contributed by atoms with E-state index >= 15 is 0 Å². The summed E-state index contributed by atoms with van der Waals surface area (Å²) in [5.41, 5.74) is 1.98. The molecule has 1 N–H and O–H groups in total. The number of carbonyl (C=O) groups excluding carboxylic acids is 1. The number of methoxy groups -OCH3 is 2. The monoisotopic (exact) mass is 341 g/mol. The van der Waals surface area contributed by atoms with Gasteiger partial charge in [0.2, 0.25) is 0 Å². The number of carbonyl (C=O) groups is 1. The van der Waals surface area contributed by atoms with Crippen molar-refractivity contribution in [3.8, 4) is 17.2 Å². The first kappa shape index (κ1) is 18.5. The largest absolute Gasteiger partial charge is 0.508 e. The molecule has 0 bridgehead atoms. The van der Waals surface area contributed by atoms with E-state index in [0.717, 1.165) is 5.56 Å². The number of aromatic hydroxyl groups is 1. The zero-order valence-corrected chi connectivity index (χ0v) is 14.9. The molecule has 5 heteroatoms.